The van der Waals surface area contributed by atoms with E-state index in [9.17, 15) is 4.79 Å². The minimum atomic E-state index is -0.0491. The van der Waals surface area contributed by atoms with Gasteiger partial charge in [0.15, 0.2) is 0 Å². The van der Waals surface area contributed by atoms with E-state index in [2.05, 4.69) is 5.32 Å². The van der Waals surface area contributed by atoms with Crippen LogP contribution in [0.3, 0.4) is 0 Å². The summed E-state index contributed by atoms with van der Waals surface area (Å²) in [5.41, 5.74) is 2.76. The lowest BCUT2D eigenvalue weighted by Crippen LogP contribution is -2.14. The molecule has 0 radical (unpaired) electrons. The Balaban J connectivity index is 1.63. The number of aromatic nitrogens is 1. The molecule has 23 heavy (non-hydrogen) atoms. The summed E-state index contributed by atoms with van der Waals surface area (Å²) in [6, 6.07) is 19.2. The second-order valence-corrected chi connectivity index (χ2v) is 5.21. The van der Waals surface area contributed by atoms with Crippen LogP contribution in [0.1, 0.15) is 5.56 Å². The van der Waals surface area contributed by atoms with Crippen LogP contribution in [0, 0.1) is 0 Å². The average Bonchev–Trinajstić information content (AvgIpc) is 3.10. The molecule has 4 nitrogen and oxygen atoms in total. The maximum absolute atomic E-state index is 12.1. The van der Waals surface area contributed by atoms with Gasteiger partial charge in [0.2, 0.25) is 5.91 Å². The molecular weight excluding hydrogens is 288 g/mol. The fourth-order valence-electron chi connectivity index (χ4n) is 2.40. The van der Waals surface area contributed by atoms with Crippen molar-refractivity contribution in [2.24, 2.45) is 0 Å². The van der Waals surface area contributed by atoms with Crippen LogP contribution in [0.25, 0.3) is 5.69 Å². The van der Waals surface area contributed by atoms with Gasteiger partial charge >= 0.3 is 0 Å². The molecule has 3 aromatic rings. The average molecular weight is 306 g/mol. The Labute approximate surface area is 135 Å². The van der Waals surface area contributed by atoms with Crippen LogP contribution in [0.15, 0.2) is 73.1 Å². The zero-order chi connectivity index (χ0) is 16.1. The first-order valence-electron chi connectivity index (χ1n) is 7.41. The maximum Gasteiger partial charge on any atom is 0.228 e. The van der Waals surface area contributed by atoms with Crippen LogP contribution in [0.5, 0.6) is 5.75 Å². The van der Waals surface area contributed by atoms with Crippen LogP contribution in [0.2, 0.25) is 0 Å². The Kier molecular flexibility index (Phi) is 4.43. The third kappa shape index (κ3) is 3.80. The van der Waals surface area contributed by atoms with Crippen molar-refractivity contribution in [2.45, 2.75) is 6.42 Å². The zero-order valence-electron chi connectivity index (χ0n) is 12.9. The molecule has 0 fully saturated rings. The van der Waals surface area contributed by atoms with Gasteiger partial charge in [-0.05, 0) is 54.1 Å². The molecule has 0 aliphatic carbocycles. The second kappa shape index (κ2) is 6.83. The smallest absolute Gasteiger partial charge is 0.228 e. The monoisotopic (exact) mass is 306 g/mol. The highest BCUT2D eigenvalue weighted by molar-refractivity contribution is 5.92. The third-order valence-corrected chi connectivity index (χ3v) is 3.55. The molecule has 116 valence electrons. The van der Waals surface area contributed by atoms with Crippen LogP contribution in [0.4, 0.5) is 5.69 Å². The quantitative estimate of drug-likeness (QED) is 0.781. The standard InChI is InChI=1S/C19H18N2O2/c1-23-18-6-4-5-15(13-18)14-19(22)20-16-7-9-17(10-8-16)21-11-2-3-12-21/h2-13H,14H2,1H3,(H,20,22). The third-order valence-electron chi connectivity index (χ3n) is 3.55. The zero-order valence-corrected chi connectivity index (χ0v) is 12.9. The van der Waals surface area contributed by atoms with Gasteiger partial charge in [0.05, 0.1) is 13.5 Å². The SMILES string of the molecule is COc1cccc(CC(=O)Nc2ccc(-n3cccc3)cc2)c1. The van der Waals surface area contributed by atoms with Crippen molar-refractivity contribution in [3.63, 3.8) is 0 Å². The highest BCUT2D eigenvalue weighted by Gasteiger charge is 2.05. The van der Waals surface area contributed by atoms with E-state index >= 15 is 0 Å². The molecule has 4 heteroatoms. The van der Waals surface area contributed by atoms with E-state index in [4.69, 9.17) is 4.74 Å². The minimum Gasteiger partial charge on any atom is -0.497 e. The molecule has 0 bridgehead atoms. The summed E-state index contributed by atoms with van der Waals surface area (Å²) in [7, 11) is 1.62. The van der Waals surface area contributed by atoms with Crippen molar-refractivity contribution in [3.05, 3.63) is 78.6 Å². The summed E-state index contributed by atoms with van der Waals surface area (Å²) in [6.07, 6.45) is 4.28. The molecule has 0 aliphatic rings. The molecule has 3 rings (SSSR count). The van der Waals surface area contributed by atoms with Gasteiger partial charge in [0.25, 0.3) is 0 Å². The number of ether oxygens (including phenoxy) is 1. The Morgan fingerprint density at radius 3 is 2.48 bits per heavy atom. The lowest BCUT2D eigenvalue weighted by molar-refractivity contribution is -0.115. The predicted octanol–water partition coefficient (Wildman–Crippen LogP) is 3.67. The number of rotatable bonds is 5. The highest BCUT2D eigenvalue weighted by Crippen LogP contribution is 2.16. The summed E-state index contributed by atoms with van der Waals surface area (Å²) < 4.78 is 7.18. The highest BCUT2D eigenvalue weighted by atomic mass is 16.5. The maximum atomic E-state index is 12.1. The van der Waals surface area contributed by atoms with E-state index in [0.717, 1.165) is 22.7 Å². The molecule has 0 unspecified atom stereocenters. The lowest BCUT2D eigenvalue weighted by atomic mass is 10.1. The van der Waals surface area contributed by atoms with Gasteiger partial charge in [0, 0.05) is 23.8 Å². The van der Waals surface area contributed by atoms with E-state index in [1.54, 1.807) is 7.11 Å². The summed E-state index contributed by atoms with van der Waals surface area (Å²) in [4.78, 5) is 12.1. The molecule has 1 heterocycles. The van der Waals surface area contributed by atoms with E-state index < -0.39 is 0 Å². The molecule has 0 spiro atoms. The van der Waals surface area contributed by atoms with Crippen molar-refractivity contribution in [1.29, 1.82) is 0 Å². The van der Waals surface area contributed by atoms with Gasteiger partial charge in [0.1, 0.15) is 5.75 Å². The second-order valence-electron chi connectivity index (χ2n) is 5.21. The van der Waals surface area contributed by atoms with Crippen LogP contribution in [-0.2, 0) is 11.2 Å². The summed E-state index contributed by atoms with van der Waals surface area (Å²) in [5, 5.41) is 2.91. The number of nitrogens with zero attached hydrogens (tertiary/aromatic N) is 1. The number of nitrogens with one attached hydrogen (secondary N) is 1. The van der Waals surface area contributed by atoms with Gasteiger partial charge in [-0.1, -0.05) is 12.1 Å². The fourth-order valence-corrected chi connectivity index (χ4v) is 2.40. The number of hydrogen-bond acceptors (Lipinski definition) is 2. The molecule has 0 saturated carbocycles. The number of amides is 1. The first-order valence-corrected chi connectivity index (χ1v) is 7.41. The Hall–Kier alpha value is -3.01. The van der Waals surface area contributed by atoms with Crippen molar-refractivity contribution >= 4 is 11.6 Å². The molecule has 2 aromatic carbocycles. The number of benzene rings is 2. The van der Waals surface area contributed by atoms with E-state index in [1.165, 1.54) is 0 Å². The fraction of sp³-hybridized carbons (Fsp3) is 0.105. The molecule has 1 amide bonds. The van der Waals surface area contributed by atoms with E-state index in [1.807, 2.05) is 77.6 Å². The minimum absolute atomic E-state index is 0.0491. The molecule has 1 N–H and O–H groups in total. The summed E-state index contributed by atoms with van der Waals surface area (Å²) in [6.45, 7) is 0. The van der Waals surface area contributed by atoms with Gasteiger partial charge in [-0.3, -0.25) is 4.79 Å². The van der Waals surface area contributed by atoms with Crippen molar-refractivity contribution in [1.82, 2.24) is 4.57 Å². The van der Waals surface area contributed by atoms with Crippen LogP contribution < -0.4 is 10.1 Å². The van der Waals surface area contributed by atoms with Crippen molar-refractivity contribution < 1.29 is 9.53 Å². The number of hydrogen-bond donors (Lipinski definition) is 1. The van der Waals surface area contributed by atoms with Crippen LogP contribution in [-0.4, -0.2) is 17.6 Å². The van der Waals surface area contributed by atoms with Gasteiger partial charge in [-0.15, -0.1) is 0 Å². The Morgan fingerprint density at radius 1 is 1.04 bits per heavy atom. The lowest BCUT2D eigenvalue weighted by Gasteiger charge is -2.08. The summed E-state index contributed by atoms with van der Waals surface area (Å²) >= 11 is 0. The molecule has 0 saturated heterocycles. The number of carbonyl (C=O) groups excluding carboxylic acids is 1. The molecular formula is C19H18N2O2. The first-order chi connectivity index (χ1) is 11.2. The van der Waals surface area contributed by atoms with Gasteiger partial charge < -0.3 is 14.6 Å². The number of anilines is 1. The van der Waals surface area contributed by atoms with Crippen molar-refractivity contribution in [3.8, 4) is 11.4 Å². The van der Waals surface area contributed by atoms with Gasteiger partial charge in [-0.2, -0.15) is 0 Å². The Morgan fingerprint density at radius 2 is 1.78 bits per heavy atom. The van der Waals surface area contributed by atoms with Gasteiger partial charge in [-0.25, -0.2) is 0 Å². The molecule has 0 atom stereocenters. The number of carbonyl (C=O) groups is 1. The van der Waals surface area contributed by atoms with Crippen molar-refractivity contribution in [2.75, 3.05) is 12.4 Å². The predicted molar refractivity (Wildman–Crippen MR) is 91.1 cm³/mol. The normalized spacial score (nSPS) is 10.3. The Bertz CT molecular complexity index is 777. The van der Waals surface area contributed by atoms with E-state index in [0.29, 0.717) is 6.42 Å². The molecule has 0 aliphatic heterocycles. The van der Waals surface area contributed by atoms with E-state index in [-0.39, 0.29) is 5.91 Å². The number of methoxy groups -OCH3 is 1. The topological polar surface area (TPSA) is 43.3 Å². The summed E-state index contributed by atoms with van der Waals surface area (Å²) in [5.74, 6) is 0.707. The van der Waals surface area contributed by atoms with Crippen LogP contribution >= 0.6 is 0 Å². The molecule has 1 aromatic heterocycles. The first kappa shape index (κ1) is 14.9. The largest absolute Gasteiger partial charge is 0.497 e.